The molecule has 0 aliphatic carbocycles. The number of hydrogen-bond donors (Lipinski definition) is 2. The quantitative estimate of drug-likeness (QED) is 0.358. The van der Waals surface area contributed by atoms with Crippen molar-refractivity contribution in [1.82, 2.24) is 5.43 Å². The van der Waals surface area contributed by atoms with Gasteiger partial charge in [0.1, 0.15) is 6.61 Å². The van der Waals surface area contributed by atoms with Gasteiger partial charge in [-0.15, -0.1) is 0 Å². The summed E-state index contributed by atoms with van der Waals surface area (Å²) < 4.78 is 13.2. The van der Waals surface area contributed by atoms with Gasteiger partial charge in [0.2, 0.25) is 0 Å². The lowest BCUT2D eigenvalue weighted by molar-refractivity contribution is 0.249. The van der Waals surface area contributed by atoms with Gasteiger partial charge in [-0.2, -0.15) is 5.10 Å². The molecule has 0 heterocycles. The highest BCUT2D eigenvalue weighted by Crippen LogP contribution is 2.34. The molecule has 3 N–H and O–H groups in total. The predicted molar refractivity (Wildman–Crippen MR) is 104 cm³/mol. The normalized spacial score (nSPS) is 10.6. The van der Waals surface area contributed by atoms with Crippen molar-refractivity contribution in [1.29, 1.82) is 0 Å². The van der Waals surface area contributed by atoms with Crippen molar-refractivity contribution in [2.24, 2.45) is 10.8 Å². The molecule has 0 atom stereocenters. The molecule has 0 saturated carbocycles. The third-order valence-corrected chi connectivity index (χ3v) is 4.27. The van der Waals surface area contributed by atoms with Gasteiger partial charge in [-0.25, -0.2) is 10.2 Å². The average Bonchev–Trinajstić information content (AvgIpc) is 2.54. The van der Waals surface area contributed by atoms with E-state index in [1.807, 2.05) is 30.3 Å². The van der Waals surface area contributed by atoms with Gasteiger partial charge in [-0.05, 0) is 58.0 Å². The molecule has 0 aliphatic rings. The molecule has 6 nitrogen and oxygen atoms in total. The average molecular weight is 504 g/mol. The maximum atomic E-state index is 10.6. The summed E-state index contributed by atoms with van der Waals surface area (Å²) in [5.74, 6) is 1.24. The smallest absolute Gasteiger partial charge is 0.332 e. The second-order valence-electron chi connectivity index (χ2n) is 4.68. The van der Waals surface area contributed by atoms with Crippen molar-refractivity contribution in [3.63, 3.8) is 0 Å². The molecule has 0 fully saturated rings. The molecular weight excluding hydrogens is 489 g/mol. The summed E-state index contributed by atoms with van der Waals surface area (Å²) in [6, 6.07) is 10.8. The van der Waals surface area contributed by atoms with E-state index in [-0.39, 0.29) is 0 Å². The Kier molecular flexibility index (Phi) is 6.85. The minimum absolute atomic E-state index is 0.427. The number of hydrogen-bond acceptors (Lipinski definition) is 4. The number of amides is 2. The third kappa shape index (κ3) is 5.38. The molecule has 2 aromatic carbocycles. The van der Waals surface area contributed by atoms with Gasteiger partial charge in [-0.3, -0.25) is 0 Å². The highest BCUT2D eigenvalue weighted by atomic mass is 127. The van der Waals surface area contributed by atoms with E-state index in [0.717, 1.165) is 19.2 Å². The summed E-state index contributed by atoms with van der Waals surface area (Å²) in [7, 11) is 1.57. The molecule has 0 unspecified atom stereocenters. The zero-order valence-electron chi connectivity index (χ0n) is 12.8. The van der Waals surface area contributed by atoms with Gasteiger partial charge in [0, 0.05) is 4.47 Å². The number of methoxy groups -OCH3 is 1. The SMILES string of the molecule is COc1cc(/C=N\NC(N)=O)cc(I)c1OCc1ccc(Br)cc1. The lowest BCUT2D eigenvalue weighted by atomic mass is 10.2. The molecule has 0 aliphatic heterocycles. The van der Waals surface area contributed by atoms with Gasteiger partial charge in [0.05, 0.1) is 16.9 Å². The lowest BCUT2D eigenvalue weighted by Gasteiger charge is -2.13. The van der Waals surface area contributed by atoms with E-state index in [1.54, 1.807) is 13.2 Å². The molecule has 0 aromatic heterocycles. The fraction of sp³-hybridized carbons (Fsp3) is 0.125. The van der Waals surface area contributed by atoms with Crippen LogP contribution >= 0.6 is 38.5 Å². The maximum Gasteiger partial charge on any atom is 0.332 e. The number of rotatable bonds is 6. The number of nitrogens with two attached hydrogens (primary N) is 1. The first kappa shape index (κ1) is 18.5. The molecule has 2 aromatic rings. The van der Waals surface area contributed by atoms with E-state index in [0.29, 0.717) is 18.1 Å². The van der Waals surface area contributed by atoms with E-state index < -0.39 is 6.03 Å². The Balaban J connectivity index is 2.15. The van der Waals surface area contributed by atoms with Crippen LogP contribution in [-0.2, 0) is 6.61 Å². The first-order valence-electron chi connectivity index (χ1n) is 6.83. The number of nitrogens with zero attached hydrogens (tertiary/aromatic N) is 1. The van der Waals surface area contributed by atoms with Crippen LogP contribution < -0.4 is 20.6 Å². The van der Waals surface area contributed by atoms with Crippen molar-refractivity contribution in [3.05, 3.63) is 55.6 Å². The number of carbonyl (C=O) groups excluding carboxylic acids is 1. The topological polar surface area (TPSA) is 85.9 Å². The summed E-state index contributed by atoms with van der Waals surface area (Å²) in [6.45, 7) is 0.427. The van der Waals surface area contributed by atoms with Gasteiger partial charge in [0.25, 0.3) is 0 Å². The molecule has 8 heteroatoms. The van der Waals surface area contributed by atoms with Crippen molar-refractivity contribution in [3.8, 4) is 11.5 Å². The van der Waals surface area contributed by atoms with Crippen LogP contribution in [0.2, 0.25) is 0 Å². The summed E-state index contributed by atoms with van der Waals surface area (Å²) >= 11 is 5.57. The van der Waals surface area contributed by atoms with Crippen LogP contribution in [0.1, 0.15) is 11.1 Å². The standard InChI is InChI=1S/C16H15BrIN3O3/c1-23-14-7-11(8-20-21-16(19)22)6-13(18)15(14)24-9-10-2-4-12(17)5-3-10/h2-8H,9H2,1H3,(H3,19,21,22)/b20-8-. The summed E-state index contributed by atoms with van der Waals surface area (Å²) in [6.07, 6.45) is 1.48. The minimum Gasteiger partial charge on any atom is -0.493 e. The molecule has 0 saturated heterocycles. The second kappa shape index (κ2) is 8.88. The van der Waals surface area contributed by atoms with Gasteiger partial charge in [-0.1, -0.05) is 28.1 Å². The van der Waals surface area contributed by atoms with Crippen molar-refractivity contribution < 1.29 is 14.3 Å². The number of ether oxygens (including phenoxy) is 2. The van der Waals surface area contributed by atoms with Crippen molar-refractivity contribution in [2.75, 3.05) is 7.11 Å². The highest BCUT2D eigenvalue weighted by Gasteiger charge is 2.11. The van der Waals surface area contributed by atoms with E-state index >= 15 is 0 Å². The zero-order valence-corrected chi connectivity index (χ0v) is 16.5. The molecule has 0 bridgehead atoms. The Labute approximate surface area is 161 Å². The Morgan fingerprint density at radius 3 is 2.71 bits per heavy atom. The molecule has 2 amide bonds. The van der Waals surface area contributed by atoms with E-state index in [1.165, 1.54) is 6.21 Å². The number of nitrogens with one attached hydrogen (secondary N) is 1. The number of benzene rings is 2. The minimum atomic E-state index is -0.720. The molecular formula is C16H15BrIN3O3. The highest BCUT2D eigenvalue weighted by molar-refractivity contribution is 14.1. The third-order valence-electron chi connectivity index (χ3n) is 2.94. The van der Waals surface area contributed by atoms with Crippen LogP contribution in [0.3, 0.4) is 0 Å². The first-order chi connectivity index (χ1) is 11.5. The van der Waals surface area contributed by atoms with Gasteiger partial charge in [0.15, 0.2) is 11.5 Å². The van der Waals surface area contributed by atoms with E-state index in [9.17, 15) is 4.79 Å². The monoisotopic (exact) mass is 503 g/mol. The zero-order chi connectivity index (χ0) is 17.5. The van der Waals surface area contributed by atoms with Gasteiger partial charge >= 0.3 is 6.03 Å². The summed E-state index contributed by atoms with van der Waals surface area (Å²) in [5.41, 5.74) is 8.90. The fourth-order valence-electron chi connectivity index (χ4n) is 1.86. The predicted octanol–water partition coefficient (Wildman–Crippen LogP) is 3.64. The number of primary amides is 1. The Morgan fingerprint density at radius 2 is 2.08 bits per heavy atom. The van der Waals surface area contributed by atoms with Crippen LogP contribution in [0.25, 0.3) is 0 Å². The largest absolute Gasteiger partial charge is 0.493 e. The second-order valence-corrected chi connectivity index (χ2v) is 6.76. The lowest BCUT2D eigenvalue weighted by Crippen LogP contribution is -2.24. The van der Waals surface area contributed by atoms with Crippen LogP contribution in [0.5, 0.6) is 11.5 Å². The maximum absolute atomic E-state index is 10.6. The summed E-state index contributed by atoms with van der Waals surface area (Å²) in [5, 5.41) is 3.74. The van der Waals surface area contributed by atoms with Crippen LogP contribution in [-0.4, -0.2) is 19.4 Å². The van der Waals surface area contributed by atoms with Crippen LogP contribution in [0.15, 0.2) is 46.0 Å². The Bertz CT molecular complexity index is 751. The van der Waals surface area contributed by atoms with Crippen LogP contribution in [0.4, 0.5) is 4.79 Å². The Morgan fingerprint density at radius 1 is 1.38 bits per heavy atom. The van der Waals surface area contributed by atoms with Crippen LogP contribution in [0, 0.1) is 3.57 Å². The van der Waals surface area contributed by atoms with Gasteiger partial charge < -0.3 is 15.2 Å². The molecule has 24 heavy (non-hydrogen) atoms. The summed E-state index contributed by atoms with van der Waals surface area (Å²) in [4.78, 5) is 10.6. The fourth-order valence-corrected chi connectivity index (χ4v) is 2.91. The van der Waals surface area contributed by atoms with E-state index in [2.05, 4.69) is 49.0 Å². The van der Waals surface area contributed by atoms with E-state index in [4.69, 9.17) is 15.2 Å². The van der Waals surface area contributed by atoms with Crippen molar-refractivity contribution >= 4 is 50.8 Å². The molecule has 2 rings (SSSR count). The number of halogens is 2. The number of urea groups is 1. The number of hydrazone groups is 1. The first-order valence-corrected chi connectivity index (χ1v) is 8.70. The Hall–Kier alpha value is -1.81. The molecule has 126 valence electrons. The van der Waals surface area contributed by atoms with Crippen molar-refractivity contribution in [2.45, 2.75) is 6.61 Å². The number of carbonyl (C=O) groups is 1. The molecule has 0 spiro atoms. The molecule has 0 radical (unpaired) electrons.